The topological polar surface area (TPSA) is 67.8 Å². The molecule has 23 heavy (non-hydrogen) atoms. The molecule has 1 N–H and O–H groups in total. The molecule has 3 aromatic rings. The van der Waals surface area contributed by atoms with Gasteiger partial charge in [0.15, 0.2) is 10.9 Å². The van der Waals surface area contributed by atoms with Crippen molar-refractivity contribution < 1.29 is 4.79 Å². The third-order valence-corrected chi connectivity index (χ3v) is 4.70. The van der Waals surface area contributed by atoms with Crippen molar-refractivity contribution in [1.82, 2.24) is 14.5 Å². The zero-order valence-electron chi connectivity index (χ0n) is 13.0. The second-order valence-corrected chi connectivity index (χ2v) is 6.14. The molecule has 0 aliphatic carbocycles. The van der Waals surface area contributed by atoms with Crippen LogP contribution < -0.4 is 5.56 Å². The number of thioether (sulfide) groups is 1. The van der Waals surface area contributed by atoms with Crippen molar-refractivity contribution >= 4 is 28.4 Å². The summed E-state index contributed by atoms with van der Waals surface area (Å²) >= 11 is 1.25. The number of para-hydroxylation sites is 1. The highest BCUT2D eigenvalue weighted by Gasteiger charge is 2.19. The van der Waals surface area contributed by atoms with Crippen molar-refractivity contribution in [2.75, 3.05) is 5.75 Å². The predicted octanol–water partition coefficient (Wildman–Crippen LogP) is 3.03. The molecule has 118 valence electrons. The Kier molecular flexibility index (Phi) is 4.34. The summed E-state index contributed by atoms with van der Waals surface area (Å²) in [6.45, 7) is 4.87. The number of aromatic nitrogens is 3. The Morgan fingerprint density at radius 3 is 2.83 bits per heavy atom. The third-order valence-electron chi connectivity index (χ3n) is 3.81. The van der Waals surface area contributed by atoms with Crippen LogP contribution in [-0.2, 0) is 6.54 Å². The van der Waals surface area contributed by atoms with E-state index < -0.39 is 0 Å². The van der Waals surface area contributed by atoms with E-state index in [9.17, 15) is 9.59 Å². The lowest BCUT2D eigenvalue weighted by Gasteiger charge is -2.04. The largest absolute Gasteiger partial charge is 0.344 e. The first-order chi connectivity index (χ1) is 11.1. The van der Waals surface area contributed by atoms with Crippen LogP contribution in [-0.4, -0.2) is 26.1 Å². The van der Waals surface area contributed by atoms with Crippen molar-refractivity contribution in [3.8, 4) is 0 Å². The van der Waals surface area contributed by atoms with Gasteiger partial charge < -0.3 is 9.55 Å². The number of aromatic amines is 1. The van der Waals surface area contributed by atoms with Crippen LogP contribution in [0.2, 0.25) is 0 Å². The first-order valence-electron chi connectivity index (χ1n) is 7.41. The smallest absolute Gasteiger partial charge is 0.251 e. The number of nitrogens with one attached hydrogen (secondary N) is 1. The standard InChI is InChI=1S/C17H17N3O2S/c1-3-20-11(2)16(12-6-4-5-7-13(12)20)14(21)10-23-17-18-9-8-15(22)19-17/h4-9H,3,10H2,1-2H3,(H,18,19,22). The summed E-state index contributed by atoms with van der Waals surface area (Å²) in [6, 6.07) is 9.30. The number of aryl methyl sites for hydroxylation is 1. The summed E-state index contributed by atoms with van der Waals surface area (Å²) in [5.41, 5.74) is 2.60. The van der Waals surface area contributed by atoms with Gasteiger partial charge in [-0.3, -0.25) is 9.59 Å². The third kappa shape index (κ3) is 2.94. The van der Waals surface area contributed by atoms with Crippen LogP contribution in [0.15, 0.2) is 46.5 Å². The summed E-state index contributed by atoms with van der Waals surface area (Å²) < 4.78 is 2.15. The molecule has 0 unspecified atom stereocenters. The summed E-state index contributed by atoms with van der Waals surface area (Å²) in [7, 11) is 0. The molecule has 2 heterocycles. The van der Waals surface area contributed by atoms with Crippen LogP contribution in [0.4, 0.5) is 0 Å². The number of rotatable bonds is 5. The molecule has 3 rings (SSSR count). The Labute approximate surface area is 137 Å². The average Bonchev–Trinajstić information content (AvgIpc) is 2.84. The van der Waals surface area contributed by atoms with E-state index in [1.165, 1.54) is 24.0 Å². The average molecular weight is 327 g/mol. The molecule has 0 aliphatic heterocycles. The van der Waals surface area contributed by atoms with Crippen LogP contribution in [0.3, 0.4) is 0 Å². The predicted molar refractivity (Wildman–Crippen MR) is 92.3 cm³/mol. The number of carbonyl (C=O) groups excluding carboxylic acids is 1. The van der Waals surface area contributed by atoms with Gasteiger partial charge in [0.2, 0.25) is 0 Å². The molecular formula is C17H17N3O2S. The van der Waals surface area contributed by atoms with Gasteiger partial charge >= 0.3 is 0 Å². The molecule has 1 aromatic carbocycles. The fourth-order valence-corrected chi connectivity index (χ4v) is 3.54. The minimum atomic E-state index is -0.214. The minimum Gasteiger partial charge on any atom is -0.344 e. The van der Waals surface area contributed by atoms with E-state index in [2.05, 4.69) is 21.5 Å². The van der Waals surface area contributed by atoms with Gasteiger partial charge in [0.25, 0.3) is 5.56 Å². The van der Waals surface area contributed by atoms with Crippen molar-refractivity contribution in [1.29, 1.82) is 0 Å². The number of H-pyrrole nitrogens is 1. The lowest BCUT2D eigenvalue weighted by atomic mass is 10.1. The molecule has 6 heteroatoms. The lowest BCUT2D eigenvalue weighted by Crippen LogP contribution is -2.09. The number of carbonyl (C=O) groups is 1. The van der Waals surface area contributed by atoms with Gasteiger partial charge in [-0.25, -0.2) is 4.98 Å². The number of fused-ring (bicyclic) bond motifs is 1. The highest BCUT2D eigenvalue weighted by atomic mass is 32.2. The van der Waals surface area contributed by atoms with Gasteiger partial charge in [0.05, 0.1) is 5.75 Å². The van der Waals surface area contributed by atoms with Crippen LogP contribution in [0.1, 0.15) is 23.0 Å². The number of benzene rings is 1. The van der Waals surface area contributed by atoms with Gasteiger partial charge in [-0.05, 0) is 19.9 Å². The maximum atomic E-state index is 12.7. The van der Waals surface area contributed by atoms with Crippen LogP contribution in [0, 0.1) is 6.92 Å². The van der Waals surface area contributed by atoms with E-state index >= 15 is 0 Å². The molecule has 0 fully saturated rings. The van der Waals surface area contributed by atoms with Crippen LogP contribution in [0.5, 0.6) is 0 Å². The summed E-state index contributed by atoms with van der Waals surface area (Å²) in [5.74, 6) is 0.285. The van der Waals surface area contributed by atoms with Crippen molar-refractivity contribution in [3.05, 3.63) is 58.1 Å². The molecule has 0 saturated heterocycles. The lowest BCUT2D eigenvalue weighted by molar-refractivity contribution is 0.102. The van der Waals surface area contributed by atoms with Gasteiger partial charge in [-0.2, -0.15) is 0 Å². The molecule has 5 nitrogen and oxygen atoms in total. The number of hydrogen-bond acceptors (Lipinski definition) is 4. The fourth-order valence-electron chi connectivity index (χ4n) is 2.82. The van der Waals surface area contributed by atoms with Crippen molar-refractivity contribution in [2.24, 2.45) is 0 Å². The van der Waals surface area contributed by atoms with Crippen molar-refractivity contribution in [3.63, 3.8) is 0 Å². The van der Waals surface area contributed by atoms with Gasteiger partial charge in [-0.1, -0.05) is 30.0 Å². The van der Waals surface area contributed by atoms with E-state index in [4.69, 9.17) is 0 Å². The highest BCUT2D eigenvalue weighted by Crippen LogP contribution is 2.27. The molecule has 2 aromatic heterocycles. The second-order valence-electron chi connectivity index (χ2n) is 5.17. The fraction of sp³-hybridized carbons (Fsp3) is 0.235. The normalized spacial score (nSPS) is 11.0. The highest BCUT2D eigenvalue weighted by molar-refractivity contribution is 7.99. The van der Waals surface area contributed by atoms with Gasteiger partial charge in [0.1, 0.15) is 0 Å². The van der Waals surface area contributed by atoms with Crippen LogP contribution in [0.25, 0.3) is 10.9 Å². The Bertz CT molecular complexity index is 927. The first-order valence-corrected chi connectivity index (χ1v) is 8.39. The molecule has 0 spiro atoms. The molecule has 0 saturated carbocycles. The minimum absolute atomic E-state index is 0.0439. The van der Waals surface area contributed by atoms with Crippen LogP contribution >= 0.6 is 11.8 Å². The second kappa shape index (κ2) is 6.42. The number of ketones is 1. The van der Waals surface area contributed by atoms with E-state index in [-0.39, 0.29) is 17.1 Å². The molecule has 0 bridgehead atoms. The molecule has 0 radical (unpaired) electrons. The monoisotopic (exact) mass is 327 g/mol. The SMILES string of the molecule is CCn1c(C)c(C(=O)CSc2nccc(=O)[nH]2)c2ccccc21. The van der Waals surface area contributed by atoms with Crippen molar-refractivity contribution in [2.45, 2.75) is 25.5 Å². The zero-order valence-corrected chi connectivity index (χ0v) is 13.8. The number of nitrogens with zero attached hydrogens (tertiary/aromatic N) is 2. The maximum absolute atomic E-state index is 12.7. The summed E-state index contributed by atoms with van der Waals surface area (Å²) in [6.07, 6.45) is 1.44. The van der Waals surface area contributed by atoms with Gasteiger partial charge in [0, 0.05) is 41.0 Å². The molecule has 0 aliphatic rings. The Hall–Kier alpha value is -2.34. The Morgan fingerprint density at radius 2 is 2.09 bits per heavy atom. The summed E-state index contributed by atoms with van der Waals surface area (Å²) in [4.78, 5) is 30.7. The summed E-state index contributed by atoms with van der Waals surface area (Å²) in [5, 5.41) is 1.44. The Morgan fingerprint density at radius 1 is 1.30 bits per heavy atom. The molecular weight excluding hydrogens is 310 g/mol. The first kappa shape index (κ1) is 15.6. The van der Waals surface area contributed by atoms with E-state index in [0.717, 1.165) is 28.7 Å². The molecule has 0 atom stereocenters. The van der Waals surface area contributed by atoms with E-state index in [1.807, 2.05) is 31.2 Å². The Balaban J connectivity index is 1.92. The van der Waals surface area contributed by atoms with Gasteiger partial charge in [-0.15, -0.1) is 0 Å². The van der Waals surface area contributed by atoms with E-state index in [1.54, 1.807) is 0 Å². The number of hydrogen-bond donors (Lipinski definition) is 1. The quantitative estimate of drug-likeness (QED) is 0.444. The number of Topliss-reactive ketones (excluding diaryl/α,β-unsaturated/α-hetero) is 1. The molecule has 0 amide bonds. The maximum Gasteiger partial charge on any atom is 0.251 e. The zero-order chi connectivity index (χ0) is 16.4. The van der Waals surface area contributed by atoms with E-state index in [0.29, 0.717) is 5.16 Å².